The molecule has 0 radical (unpaired) electrons. The first-order valence-corrected chi connectivity index (χ1v) is 8.68. The van der Waals surface area contributed by atoms with Crippen LogP contribution < -0.4 is 5.32 Å². The Morgan fingerprint density at radius 1 is 1.33 bits per heavy atom. The number of rotatable bonds is 9. The van der Waals surface area contributed by atoms with Gasteiger partial charge in [0.1, 0.15) is 5.54 Å². The number of nitrogens with zero attached hydrogens (tertiary/aromatic N) is 1. The third-order valence-electron chi connectivity index (χ3n) is 3.96. The van der Waals surface area contributed by atoms with E-state index in [4.69, 9.17) is 0 Å². The van der Waals surface area contributed by atoms with Crippen molar-refractivity contribution in [2.45, 2.75) is 64.3 Å². The van der Waals surface area contributed by atoms with E-state index >= 15 is 0 Å². The van der Waals surface area contributed by atoms with Gasteiger partial charge in [-0.1, -0.05) is 26.7 Å². The van der Waals surface area contributed by atoms with Crippen molar-refractivity contribution in [1.82, 2.24) is 5.32 Å². The third kappa shape index (κ3) is 4.48. The first-order chi connectivity index (χ1) is 8.79. The van der Waals surface area contributed by atoms with Crippen molar-refractivity contribution in [3.05, 3.63) is 0 Å². The summed E-state index contributed by atoms with van der Waals surface area (Å²) in [4.78, 5) is 0. The zero-order chi connectivity index (χ0) is 13.3. The molecule has 1 N–H and O–H groups in total. The van der Waals surface area contributed by atoms with Crippen molar-refractivity contribution in [3.63, 3.8) is 0 Å². The summed E-state index contributed by atoms with van der Waals surface area (Å²) in [5.74, 6) is 3.08. The van der Waals surface area contributed by atoms with Gasteiger partial charge in [-0.2, -0.15) is 17.0 Å². The molecule has 2 unspecified atom stereocenters. The topological polar surface area (TPSA) is 35.8 Å². The number of nitriles is 1. The summed E-state index contributed by atoms with van der Waals surface area (Å²) >= 11 is 2.06. The molecule has 0 aromatic rings. The van der Waals surface area contributed by atoms with E-state index in [0.717, 1.165) is 19.4 Å². The Hall–Kier alpha value is -0.200. The summed E-state index contributed by atoms with van der Waals surface area (Å²) in [7, 11) is 0. The van der Waals surface area contributed by atoms with Gasteiger partial charge >= 0.3 is 0 Å². The highest BCUT2D eigenvalue weighted by Crippen LogP contribution is 2.38. The predicted molar refractivity (Wildman–Crippen MR) is 80.8 cm³/mol. The molecule has 0 bridgehead atoms. The molecule has 0 aromatic heterocycles. The molecule has 18 heavy (non-hydrogen) atoms. The van der Waals surface area contributed by atoms with Crippen molar-refractivity contribution < 1.29 is 0 Å². The fourth-order valence-corrected chi connectivity index (χ4v) is 3.96. The molecule has 0 aromatic carbocycles. The molecule has 1 rings (SSSR count). The van der Waals surface area contributed by atoms with Crippen LogP contribution in [-0.2, 0) is 0 Å². The molecular formula is C15H28N2S. The van der Waals surface area contributed by atoms with Crippen LogP contribution in [0.1, 0.15) is 58.8 Å². The van der Waals surface area contributed by atoms with Crippen molar-refractivity contribution in [2.75, 3.05) is 18.1 Å². The third-order valence-corrected chi connectivity index (χ3v) is 5.07. The van der Waals surface area contributed by atoms with E-state index in [9.17, 15) is 5.26 Å². The highest BCUT2D eigenvalue weighted by Gasteiger charge is 2.42. The van der Waals surface area contributed by atoms with Gasteiger partial charge in [-0.25, -0.2) is 0 Å². The molecule has 0 spiro atoms. The van der Waals surface area contributed by atoms with Crippen LogP contribution in [0.2, 0.25) is 0 Å². The van der Waals surface area contributed by atoms with E-state index < -0.39 is 0 Å². The molecule has 1 aliphatic carbocycles. The Kier molecular flexibility index (Phi) is 7.77. The average molecular weight is 268 g/mol. The lowest BCUT2D eigenvalue weighted by Gasteiger charge is -2.30. The Labute approximate surface area is 117 Å². The highest BCUT2D eigenvalue weighted by molar-refractivity contribution is 7.99. The van der Waals surface area contributed by atoms with Gasteiger partial charge in [0.05, 0.1) is 6.07 Å². The van der Waals surface area contributed by atoms with E-state index in [1.54, 1.807) is 0 Å². The number of nitrogens with one attached hydrogen (secondary N) is 1. The minimum Gasteiger partial charge on any atom is -0.299 e. The fraction of sp³-hybridized carbons (Fsp3) is 0.933. The van der Waals surface area contributed by atoms with E-state index in [1.807, 2.05) is 0 Å². The first kappa shape index (κ1) is 15.9. The van der Waals surface area contributed by atoms with Crippen LogP contribution in [0.4, 0.5) is 0 Å². The summed E-state index contributed by atoms with van der Waals surface area (Å²) in [6.07, 6.45) is 8.43. The predicted octanol–water partition coefficient (Wildman–Crippen LogP) is 3.97. The molecule has 0 saturated heterocycles. The maximum atomic E-state index is 9.54. The van der Waals surface area contributed by atoms with Gasteiger partial charge in [0.2, 0.25) is 0 Å². The van der Waals surface area contributed by atoms with Gasteiger partial charge in [-0.15, -0.1) is 0 Å². The summed E-state index contributed by atoms with van der Waals surface area (Å²) in [5, 5.41) is 13.1. The molecule has 1 aliphatic rings. The summed E-state index contributed by atoms with van der Waals surface area (Å²) < 4.78 is 0. The van der Waals surface area contributed by atoms with Gasteiger partial charge in [-0.05, 0) is 56.1 Å². The first-order valence-electron chi connectivity index (χ1n) is 7.53. The number of thioether (sulfide) groups is 1. The molecule has 0 heterocycles. The van der Waals surface area contributed by atoms with Crippen molar-refractivity contribution in [2.24, 2.45) is 5.92 Å². The largest absolute Gasteiger partial charge is 0.299 e. The SMILES string of the molecule is CCCCSCCC1CCCC1(C#N)NCCC. The van der Waals surface area contributed by atoms with Gasteiger partial charge in [0.25, 0.3) is 0 Å². The molecule has 1 saturated carbocycles. The second-order valence-electron chi connectivity index (χ2n) is 5.35. The molecule has 0 amide bonds. The minimum absolute atomic E-state index is 0.207. The lowest BCUT2D eigenvalue weighted by molar-refractivity contribution is 0.311. The molecule has 1 fully saturated rings. The molecule has 2 atom stereocenters. The van der Waals surface area contributed by atoms with Crippen LogP contribution in [0.15, 0.2) is 0 Å². The Morgan fingerprint density at radius 2 is 2.17 bits per heavy atom. The minimum atomic E-state index is -0.207. The average Bonchev–Trinajstić information content (AvgIpc) is 2.80. The van der Waals surface area contributed by atoms with Crippen LogP contribution in [0.3, 0.4) is 0 Å². The lowest BCUT2D eigenvalue weighted by Crippen LogP contribution is -2.47. The summed E-state index contributed by atoms with van der Waals surface area (Å²) in [5.41, 5.74) is -0.207. The normalized spacial score (nSPS) is 27.3. The molecule has 0 aliphatic heterocycles. The van der Waals surface area contributed by atoms with E-state index in [2.05, 4.69) is 37.0 Å². The zero-order valence-electron chi connectivity index (χ0n) is 12.0. The van der Waals surface area contributed by atoms with Gasteiger partial charge in [0.15, 0.2) is 0 Å². The van der Waals surface area contributed by atoms with Gasteiger partial charge in [-0.3, -0.25) is 5.32 Å². The monoisotopic (exact) mass is 268 g/mol. The summed E-state index contributed by atoms with van der Waals surface area (Å²) in [6.45, 7) is 5.39. The van der Waals surface area contributed by atoms with Crippen LogP contribution in [0.5, 0.6) is 0 Å². The van der Waals surface area contributed by atoms with Gasteiger partial charge < -0.3 is 0 Å². The summed E-state index contributed by atoms with van der Waals surface area (Å²) in [6, 6.07) is 2.59. The maximum absolute atomic E-state index is 9.54. The number of hydrogen-bond donors (Lipinski definition) is 1. The molecule has 3 heteroatoms. The quantitative estimate of drug-likeness (QED) is 0.643. The van der Waals surface area contributed by atoms with Crippen molar-refractivity contribution >= 4 is 11.8 Å². The molecular weight excluding hydrogens is 240 g/mol. The highest BCUT2D eigenvalue weighted by atomic mass is 32.2. The number of unbranched alkanes of at least 4 members (excludes halogenated alkanes) is 1. The van der Waals surface area contributed by atoms with Crippen molar-refractivity contribution in [3.8, 4) is 6.07 Å². The van der Waals surface area contributed by atoms with Crippen LogP contribution >= 0.6 is 11.8 Å². The van der Waals surface area contributed by atoms with Crippen molar-refractivity contribution in [1.29, 1.82) is 5.26 Å². The van der Waals surface area contributed by atoms with E-state index in [-0.39, 0.29) is 5.54 Å². The second-order valence-corrected chi connectivity index (χ2v) is 6.58. The molecule has 2 nitrogen and oxygen atoms in total. The Morgan fingerprint density at radius 3 is 2.83 bits per heavy atom. The Balaban J connectivity index is 2.35. The van der Waals surface area contributed by atoms with Crippen LogP contribution in [-0.4, -0.2) is 23.6 Å². The van der Waals surface area contributed by atoms with Gasteiger partial charge in [0, 0.05) is 0 Å². The smallest absolute Gasteiger partial charge is 0.109 e. The lowest BCUT2D eigenvalue weighted by atomic mass is 9.86. The molecule has 104 valence electrons. The number of hydrogen-bond acceptors (Lipinski definition) is 3. The Bertz CT molecular complexity index is 262. The standard InChI is InChI=1S/C15H28N2S/c1-3-5-11-18-12-8-14-7-6-9-15(14,13-16)17-10-4-2/h14,17H,3-12H2,1-2H3. The van der Waals surface area contributed by atoms with Crippen LogP contribution in [0.25, 0.3) is 0 Å². The second kappa shape index (κ2) is 8.82. The van der Waals surface area contributed by atoms with Crippen LogP contribution in [0, 0.1) is 17.2 Å². The maximum Gasteiger partial charge on any atom is 0.109 e. The zero-order valence-corrected chi connectivity index (χ0v) is 12.8. The fourth-order valence-electron chi connectivity index (χ4n) is 2.81. The van der Waals surface area contributed by atoms with E-state index in [0.29, 0.717) is 5.92 Å². The van der Waals surface area contributed by atoms with E-state index in [1.165, 1.54) is 43.6 Å².